The van der Waals surface area contributed by atoms with Crippen molar-refractivity contribution in [2.45, 2.75) is 52.5 Å². The van der Waals surface area contributed by atoms with Gasteiger partial charge >= 0.3 is 6.03 Å². The van der Waals surface area contributed by atoms with Crippen molar-refractivity contribution in [2.75, 3.05) is 39.3 Å². The van der Waals surface area contributed by atoms with Crippen LogP contribution in [0.25, 0.3) is 0 Å². The second-order valence-electron chi connectivity index (χ2n) is 8.13. The molecule has 0 unspecified atom stereocenters. The standard InChI is InChI=1S/C18H32N4O3/c1-14(23)20-10-6-15(7-11-20)16(24)21-8-5-9-22(13-12-21)17(25)19-18(2,3)4/h15H,5-13H2,1-4H3,(H,19,25). The molecule has 2 fully saturated rings. The van der Waals surface area contributed by atoms with Gasteiger partial charge in [-0.2, -0.15) is 0 Å². The lowest BCUT2D eigenvalue weighted by molar-refractivity contribution is -0.140. The monoisotopic (exact) mass is 352 g/mol. The summed E-state index contributed by atoms with van der Waals surface area (Å²) >= 11 is 0. The summed E-state index contributed by atoms with van der Waals surface area (Å²) in [6, 6.07) is -0.0587. The van der Waals surface area contributed by atoms with E-state index in [0.29, 0.717) is 39.3 Å². The predicted octanol–water partition coefficient (Wildman–Crippen LogP) is 1.29. The number of rotatable bonds is 1. The van der Waals surface area contributed by atoms with E-state index in [9.17, 15) is 14.4 Å². The Labute approximate surface area is 150 Å². The molecule has 2 aliphatic rings. The summed E-state index contributed by atoms with van der Waals surface area (Å²) in [5, 5.41) is 2.99. The molecular weight excluding hydrogens is 320 g/mol. The van der Waals surface area contributed by atoms with Crippen LogP contribution < -0.4 is 5.32 Å². The molecule has 2 heterocycles. The lowest BCUT2D eigenvalue weighted by Crippen LogP contribution is -2.49. The van der Waals surface area contributed by atoms with Crippen molar-refractivity contribution < 1.29 is 14.4 Å². The van der Waals surface area contributed by atoms with Crippen molar-refractivity contribution in [1.82, 2.24) is 20.0 Å². The number of carbonyl (C=O) groups excluding carboxylic acids is 3. The van der Waals surface area contributed by atoms with Crippen molar-refractivity contribution in [3.05, 3.63) is 0 Å². The van der Waals surface area contributed by atoms with E-state index in [-0.39, 0.29) is 29.3 Å². The zero-order valence-corrected chi connectivity index (χ0v) is 16.0. The van der Waals surface area contributed by atoms with Crippen LogP contribution in [0.4, 0.5) is 4.79 Å². The Morgan fingerprint density at radius 1 is 0.840 bits per heavy atom. The fourth-order valence-corrected chi connectivity index (χ4v) is 3.44. The quantitative estimate of drug-likeness (QED) is 0.773. The maximum atomic E-state index is 12.8. The molecule has 0 aromatic heterocycles. The van der Waals surface area contributed by atoms with Gasteiger partial charge in [0.2, 0.25) is 11.8 Å². The van der Waals surface area contributed by atoms with E-state index in [1.165, 1.54) is 0 Å². The van der Waals surface area contributed by atoms with Crippen molar-refractivity contribution in [3.63, 3.8) is 0 Å². The first-order chi connectivity index (χ1) is 11.7. The van der Waals surface area contributed by atoms with Gasteiger partial charge in [-0.1, -0.05) is 0 Å². The van der Waals surface area contributed by atoms with Gasteiger partial charge in [0.25, 0.3) is 0 Å². The van der Waals surface area contributed by atoms with E-state index in [1.54, 1.807) is 11.8 Å². The molecule has 0 radical (unpaired) electrons. The molecule has 0 atom stereocenters. The van der Waals surface area contributed by atoms with Gasteiger partial charge in [-0.3, -0.25) is 9.59 Å². The third-order valence-electron chi connectivity index (χ3n) is 4.87. The third-order valence-corrected chi connectivity index (χ3v) is 4.87. The van der Waals surface area contributed by atoms with E-state index in [2.05, 4.69) is 5.32 Å². The highest BCUT2D eigenvalue weighted by Gasteiger charge is 2.31. The van der Waals surface area contributed by atoms with Crippen LogP contribution in [0.5, 0.6) is 0 Å². The van der Waals surface area contributed by atoms with Crippen LogP contribution in [-0.4, -0.2) is 77.4 Å². The number of urea groups is 1. The molecule has 7 heteroatoms. The molecule has 25 heavy (non-hydrogen) atoms. The number of likely N-dealkylation sites (tertiary alicyclic amines) is 1. The smallest absolute Gasteiger partial charge is 0.317 e. The summed E-state index contributed by atoms with van der Waals surface area (Å²) in [4.78, 5) is 42.0. The van der Waals surface area contributed by atoms with Crippen LogP contribution in [0.15, 0.2) is 0 Å². The Hall–Kier alpha value is -1.79. The van der Waals surface area contributed by atoms with Gasteiger partial charge in [0.05, 0.1) is 0 Å². The van der Waals surface area contributed by atoms with E-state index in [0.717, 1.165) is 19.3 Å². The first kappa shape index (κ1) is 19.5. The van der Waals surface area contributed by atoms with Crippen molar-refractivity contribution in [1.29, 1.82) is 0 Å². The second-order valence-corrected chi connectivity index (χ2v) is 8.13. The van der Waals surface area contributed by atoms with Crippen molar-refractivity contribution in [3.8, 4) is 0 Å². The molecule has 2 saturated heterocycles. The highest BCUT2D eigenvalue weighted by atomic mass is 16.2. The topological polar surface area (TPSA) is 73.0 Å². The molecule has 0 aromatic carbocycles. The maximum Gasteiger partial charge on any atom is 0.317 e. The summed E-state index contributed by atoms with van der Waals surface area (Å²) in [6.07, 6.45) is 2.28. The number of nitrogens with zero attached hydrogens (tertiary/aromatic N) is 3. The van der Waals surface area contributed by atoms with Crippen molar-refractivity contribution in [2.24, 2.45) is 5.92 Å². The van der Waals surface area contributed by atoms with E-state index in [1.807, 2.05) is 30.6 Å². The van der Waals surface area contributed by atoms with E-state index >= 15 is 0 Å². The van der Waals surface area contributed by atoms with Crippen LogP contribution >= 0.6 is 0 Å². The second kappa shape index (κ2) is 8.06. The van der Waals surface area contributed by atoms with E-state index < -0.39 is 0 Å². The van der Waals surface area contributed by atoms with Gasteiger partial charge in [0, 0.05) is 57.6 Å². The molecule has 2 aliphatic heterocycles. The summed E-state index contributed by atoms with van der Waals surface area (Å²) < 4.78 is 0. The predicted molar refractivity (Wildman–Crippen MR) is 96.0 cm³/mol. The highest BCUT2D eigenvalue weighted by Crippen LogP contribution is 2.20. The Morgan fingerprint density at radius 3 is 1.96 bits per heavy atom. The lowest BCUT2D eigenvalue weighted by atomic mass is 9.95. The molecule has 0 bridgehead atoms. The molecule has 0 saturated carbocycles. The number of nitrogens with one attached hydrogen (secondary N) is 1. The number of carbonyl (C=O) groups is 3. The zero-order chi connectivity index (χ0) is 18.6. The van der Waals surface area contributed by atoms with Gasteiger partial charge in [-0.25, -0.2) is 4.79 Å². The van der Waals surface area contributed by atoms with Gasteiger partial charge in [-0.05, 0) is 40.0 Å². The number of piperidine rings is 1. The fraction of sp³-hybridized carbons (Fsp3) is 0.833. The number of amides is 4. The lowest BCUT2D eigenvalue weighted by Gasteiger charge is -2.33. The molecule has 0 aromatic rings. The largest absolute Gasteiger partial charge is 0.343 e. The zero-order valence-electron chi connectivity index (χ0n) is 16.0. The van der Waals surface area contributed by atoms with Gasteiger partial charge < -0.3 is 20.0 Å². The first-order valence-electron chi connectivity index (χ1n) is 9.29. The number of hydrogen-bond donors (Lipinski definition) is 1. The van der Waals surface area contributed by atoms with Crippen LogP contribution in [0.1, 0.15) is 47.0 Å². The van der Waals surface area contributed by atoms with Crippen LogP contribution in [0, 0.1) is 5.92 Å². The number of hydrogen-bond acceptors (Lipinski definition) is 3. The minimum atomic E-state index is -0.260. The Kier molecular flexibility index (Phi) is 6.30. The minimum absolute atomic E-state index is 0.00514. The molecule has 2 rings (SSSR count). The Morgan fingerprint density at radius 2 is 1.40 bits per heavy atom. The molecule has 0 spiro atoms. The summed E-state index contributed by atoms with van der Waals surface area (Å²) in [5.41, 5.74) is -0.260. The average Bonchev–Trinajstić information content (AvgIpc) is 2.78. The van der Waals surface area contributed by atoms with Crippen LogP contribution in [0.3, 0.4) is 0 Å². The first-order valence-corrected chi connectivity index (χ1v) is 9.29. The molecule has 4 amide bonds. The molecule has 0 aliphatic carbocycles. The normalized spacial score (nSPS) is 20.2. The summed E-state index contributed by atoms with van der Waals surface area (Å²) in [5.74, 6) is 0.271. The summed E-state index contributed by atoms with van der Waals surface area (Å²) in [6.45, 7) is 11.3. The van der Waals surface area contributed by atoms with Gasteiger partial charge in [0.15, 0.2) is 0 Å². The average molecular weight is 352 g/mol. The van der Waals surface area contributed by atoms with Crippen LogP contribution in [0.2, 0.25) is 0 Å². The van der Waals surface area contributed by atoms with Crippen LogP contribution in [-0.2, 0) is 9.59 Å². The Balaban J connectivity index is 1.85. The van der Waals surface area contributed by atoms with E-state index in [4.69, 9.17) is 0 Å². The van der Waals surface area contributed by atoms with Crippen molar-refractivity contribution >= 4 is 17.8 Å². The van der Waals surface area contributed by atoms with Gasteiger partial charge in [-0.15, -0.1) is 0 Å². The Bertz CT molecular complexity index is 507. The van der Waals surface area contributed by atoms with Gasteiger partial charge in [0.1, 0.15) is 0 Å². The SMILES string of the molecule is CC(=O)N1CCC(C(=O)N2CCCN(C(=O)NC(C)(C)C)CC2)CC1. The minimum Gasteiger partial charge on any atom is -0.343 e. The summed E-state index contributed by atoms with van der Waals surface area (Å²) in [7, 11) is 0. The maximum absolute atomic E-state index is 12.8. The molecule has 7 nitrogen and oxygen atoms in total. The fourth-order valence-electron chi connectivity index (χ4n) is 3.44. The molecule has 142 valence electrons. The third kappa shape index (κ3) is 5.61. The highest BCUT2D eigenvalue weighted by molar-refractivity contribution is 5.80. The molecular formula is C18H32N4O3. The molecule has 1 N–H and O–H groups in total.